The Labute approximate surface area is 137 Å². The summed E-state index contributed by atoms with van der Waals surface area (Å²) in [6.07, 6.45) is 5.12. The molecule has 126 valence electrons. The average molecular weight is 333 g/mol. The van der Waals surface area contributed by atoms with Gasteiger partial charge >= 0.3 is 5.97 Å². The number of carbonyl (C=O) groups excluding carboxylic acids is 1. The number of halogens is 1. The van der Waals surface area contributed by atoms with Crippen LogP contribution in [-0.2, 0) is 9.59 Å². The molecule has 0 aromatic heterocycles. The predicted molar refractivity (Wildman–Crippen MR) is 85.6 cm³/mol. The van der Waals surface area contributed by atoms with Gasteiger partial charge in [-0.15, -0.1) is 12.4 Å². The van der Waals surface area contributed by atoms with Crippen LogP contribution >= 0.6 is 12.4 Å². The van der Waals surface area contributed by atoms with Gasteiger partial charge in [0, 0.05) is 44.5 Å². The Morgan fingerprint density at radius 1 is 1.27 bits per heavy atom. The van der Waals surface area contributed by atoms with Crippen molar-refractivity contribution in [3.63, 3.8) is 0 Å². The van der Waals surface area contributed by atoms with E-state index in [1.54, 1.807) is 11.1 Å². The highest BCUT2D eigenvalue weighted by Crippen LogP contribution is 2.15. The van der Waals surface area contributed by atoms with Gasteiger partial charge in [0.25, 0.3) is 0 Å². The molecule has 0 aromatic carbocycles. The minimum atomic E-state index is -0.843. The highest BCUT2D eigenvalue weighted by molar-refractivity contribution is 5.85. The van der Waals surface area contributed by atoms with Gasteiger partial charge < -0.3 is 24.7 Å². The van der Waals surface area contributed by atoms with E-state index in [1.807, 2.05) is 30.1 Å². The zero-order chi connectivity index (χ0) is 15.4. The Morgan fingerprint density at radius 2 is 1.95 bits per heavy atom. The maximum absolute atomic E-state index is 12.2. The van der Waals surface area contributed by atoms with Crippen LogP contribution in [0, 0.1) is 0 Å². The minimum absolute atomic E-state index is 0. The monoisotopic (exact) mass is 332 g/mol. The van der Waals surface area contributed by atoms with Gasteiger partial charge in [-0.1, -0.05) is 0 Å². The zero-order valence-corrected chi connectivity index (χ0v) is 14.0. The van der Waals surface area contributed by atoms with Crippen LogP contribution in [0.25, 0.3) is 0 Å². The molecule has 1 N–H and O–H groups in total. The Balaban J connectivity index is 0.00000242. The number of hydrogen-bond donors (Lipinski definition) is 1. The number of likely N-dealkylation sites (tertiary alicyclic amines) is 1. The van der Waals surface area contributed by atoms with Crippen LogP contribution in [0.2, 0.25) is 0 Å². The quantitative estimate of drug-likeness (QED) is 0.743. The molecule has 2 aliphatic heterocycles. The van der Waals surface area contributed by atoms with Crippen molar-refractivity contribution in [2.75, 3.05) is 46.9 Å². The van der Waals surface area contributed by atoms with Crippen LogP contribution in [0.3, 0.4) is 0 Å². The van der Waals surface area contributed by atoms with E-state index in [4.69, 9.17) is 5.11 Å². The first kappa shape index (κ1) is 18.6. The Kier molecular flexibility index (Phi) is 6.96. The normalized spacial score (nSPS) is 20.7. The number of rotatable bonds is 6. The molecule has 0 aromatic rings. The first-order chi connectivity index (χ1) is 9.95. The third-order valence-corrected chi connectivity index (χ3v) is 4.05. The standard InChI is InChI=1S/C14H24N4O3.ClH/c1-15(2)12-3-6-18(9-12)13(19)4-5-16-7-8-17(11-16)10-14(20)21;/h7-8,12H,3-6,9-11H2,1-2H3,(H,20,21);1H. The van der Waals surface area contributed by atoms with E-state index < -0.39 is 5.97 Å². The van der Waals surface area contributed by atoms with E-state index in [0.29, 0.717) is 25.7 Å². The molecule has 0 saturated carbocycles. The molecule has 1 fully saturated rings. The van der Waals surface area contributed by atoms with Gasteiger partial charge in [-0.25, -0.2) is 0 Å². The molecule has 0 radical (unpaired) electrons. The number of likely N-dealkylation sites (N-methyl/N-ethyl adjacent to an activating group) is 1. The van der Waals surface area contributed by atoms with Gasteiger partial charge in [0.05, 0.1) is 6.67 Å². The second-order valence-corrected chi connectivity index (χ2v) is 5.89. The number of carboxylic acids is 1. The van der Waals surface area contributed by atoms with Crippen molar-refractivity contribution in [2.24, 2.45) is 0 Å². The summed E-state index contributed by atoms with van der Waals surface area (Å²) in [6.45, 7) is 2.82. The third kappa shape index (κ3) is 5.06. The van der Waals surface area contributed by atoms with Gasteiger partial charge in [-0.2, -0.15) is 0 Å². The summed E-state index contributed by atoms with van der Waals surface area (Å²) in [5.41, 5.74) is 0. The molecular weight excluding hydrogens is 308 g/mol. The first-order valence-electron chi connectivity index (χ1n) is 7.28. The van der Waals surface area contributed by atoms with Crippen LogP contribution in [-0.4, -0.2) is 89.6 Å². The van der Waals surface area contributed by atoms with Crippen LogP contribution in [0.1, 0.15) is 12.8 Å². The van der Waals surface area contributed by atoms with Crippen molar-refractivity contribution in [1.29, 1.82) is 0 Å². The van der Waals surface area contributed by atoms with Crippen molar-refractivity contribution in [1.82, 2.24) is 19.6 Å². The van der Waals surface area contributed by atoms with Gasteiger partial charge in [-0.3, -0.25) is 9.59 Å². The summed E-state index contributed by atoms with van der Waals surface area (Å²) in [5.74, 6) is -0.659. The largest absolute Gasteiger partial charge is 0.480 e. The number of hydrogen-bond acceptors (Lipinski definition) is 5. The molecule has 1 atom stereocenters. The third-order valence-electron chi connectivity index (χ3n) is 4.05. The smallest absolute Gasteiger partial charge is 0.323 e. The summed E-state index contributed by atoms with van der Waals surface area (Å²) in [4.78, 5) is 30.6. The summed E-state index contributed by atoms with van der Waals surface area (Å²) >= 11 is 0. The topological polar surface area (TPSA) is 67.3 Å². The molecular formula is C14H25ClN4O3. The molecule has 1 saturated heterocycles. The second kappa shape index (κ2) is 8.24. The van der Waals surface area contributed by atoms with E-state index in [1.165, 1.54) is 0 Å². The Hall–Kier alpha value is -1.47. The lowest BCUT2D eigenvalue weighted by molar-refractivity contribution is -0.138. The molecule has 7 nitrogen and oxygen atoms in total. The van der Waals surface area contributed by atoms with Gasteiger partial charge in [-0.05, 0) is 20.5 Å². The van der Waals surface area contributed by atoms with Gasteiger partial charge in [0.2, 0.25) is 5.91 Å². The molecule has 0 bridgehead atoms. The Morgan fingerprint density at radius 3 is 2.55 bits per heavy atom. The van der Waals surface area contributed by atoms with E-state index in [2.05, 4.69) is 4.90 Å². The molecule has 22 heavy (non-hydrogen) atoms. The molecule has 0 spiro atoms. The van der Waals surface area contributed by atoms with E-state index in [9.17, 15) is 9.59 Å². The maximum Gasteiger partial charge on any atom is 0.323 e. The number of amides is 1. The molecule has 1 unspecified atom stereocenters. The van der Waals surface area contributed by atoms with E-state index in [0.717, 1.165) is 19.5 Å². The number of carbonyl (C=O) groups is 2. The molecule has 2 rings (SSSR count). The fourth-order valence-corrected chi connectivity index (χ4v) is 2.73. The zero-order valence-electron chi connectivity index (χ0n) is 13.1. The highest BCUT2D eigenvalue weighted by Gasteiger charge is 2.27. The molecule has 2 aliphatic rings. The van der Waals surface area contributed by atoms with Crippen molar-refractivity contribution < 1.29 is 14.7 Å². The molecule has 0 aliphatic carbocycles. The molecule has 2 heterocycles. The minimum Gasteiger partial charge on any atom is -0.480 e. The van der Waals surface area contributed by atoms with Crippen LogP contribution in [0.15, 0.2) is 12.4 Å². The van der Waals surface area contributed by atoms with Crippen molar-refractivity contribution in [3.8, 4) is 0 Å². The van der Waals surface area contributed by atoms with Crippen molar-refractivity contribution in [2.45, 2.75) is 18.9 Å². The highest BCUT2D eigenvalue weighted by atomic mass is 35.5. The summed E-state index contributed by atoms with van der Waals surface area (Å²) in [7, 11) is 4.09. The van der Waals surface area contributed by atoms with Gasteiger partial charge in [0.1, 0.15) is 6.54 Å². The van der Waals surface area contributed by atoms with Gasteiger partial charge in [0.15, 0.2) is 0 Å². The molecule has 1 amide bonds. The van der Waals surface area contributed by atoms with Crippen molar-refractivity contribution in [3.05, 3.63) is 12.4 Å². The lowest BCUT2D eigenvalue weighted by Crippen LogP contribution is -2.36. The number of carboxylic acid groups (broad SMARTS) is 1. The average Bonchev–Trinajstić information content (AvgIpc) is 3.04. The number of nitrogens with zero attached hydrogens (tertiary/aromatic N) is 4. The summed E-state index contributed by atoms with van der Waals surface area (Å²) < 4.78 is 0. The maximum atomic E-state index is 12.2. The lowest BCUT2D eigenvalue weighted by atomic mass is 10.2. The SMILES string of the molecule is CN(C)C1CCN(C(=O)CCN2C=CN(CC(=O)O)C2)C1.Cl. The van der Waals surface area contributed by atoms with Crippen LogP contribution < -0.4 is 0 Å². The van der Waals surface area contributed by atoms with E-state index in [-0.39, 0.29) is 24.9 Å². The number of aliphatic carboxylic acids is 1. The Bertz CT molecular complexity index is 430. The lowest BCUT2D eigenvalue weighted by Gasteiger charge is -2.22. The fraction of sp³-hybridized carbons (Fsp3) is 0.714. The van der Waals surface area contributed by atoms with E-state index >= 15 is 0 Å². The second-order valence-electron chi connectivity index (χ2n) is 5.89. The van der Waals surface area contributed by atoms with Crippen LogP contribution in [0.5, 0.6) is 0 Å². The summed E-state index contributed by atoms with van der Waals surface area (Å²) in [5, 5.41) is 8.73. The summed E-state index contributed by atoms with van der Waals surface area (Å²) in [6, 6.07) is 0.465. The first-order valence-corrected chi connectivity index (χ1v) is 7.28. The molecule has 8 heteroatoms. The predicted octanol–water partition coefficient (Wildman–Crippen LogP) is 0.0917. The van der Waals surface area contributed by atoms with Crippen LogP contribution in [0.4, 0.5) is 0 Å². The van der Waals surface area contributed by atoms with Crippen molar-refractivity contribution >= 4 is 24.3 Å². The fourth-order valence-electron chi connectivity index (χ4n) is 2.73.